The molecule has 1 aliphatic heterocycles. The van der Waals surface area contributed by atoms with Crippen LogP contribution in [-0.4, -0.2) is 53.7 Å². The number of ether oxygens (including phenoxy) is 1. The molecule has 172 valence electrons. The van der Waals surface area contributed by atoms with Crippen LogP contribution in [0.1, 0.15) is 36.8 Å². The van der Waals surface area contributed by atoms with Crippen molar-refractivity contribution in [3.05, 3.63) is 59.7 Å². The predicted octanol–water partition coefficient (Wildman–Crippen LogP) is 3.48. The van der Waals surface area contributed by atoms with E-state index in [4.69, 9.17) is 4.74 Å². The standard InChI is InChI=1S/C26H28N2O5/c1-15-12-28(13-21(15)25(30)31)24(29)23(16-10-11-16)27-26(32)33-14-22-19-8-4-2-6-17(19)18-7-3-5-9-20(18)22/h2-9,15-16,21-23H,10-14H2,1H3,(H,27,32)(H,30,31)/t15-,21-,23?/m1/s1. The third-order valence-electron chi connectivity index (χ3n) is 7.22. The summed E-state index contributed by atoms with van der Waals surface area (Å²) in [7, 11) is 0. The van der Waals surface area contributed by atoms with Crippen LogP contribution in [0.5, 0.6) is 0 Å². The van der Waals surface area contributed by atoms with Crippen molar-refractivity contribution in [1.29, 1.82) is 0 Å². The van der Waals surface area contributed by atoms with Crippen molar-refractivity contribution in [3.8, 4) is 11.1 Å². The van der Waals surface area contributed by atoms with E-state index in [2.05, 4.69) is 29.6 Å². The number of benzene rings is 2. The molecule has 33 heavy (non-hydrogen) atoms. The number of carboxylic acids is 1. The summed E-state index contributed by atoms with van der Waals surface area (Å²) in [6.07, 6.45) is 1.13. The van der Waals surface area contributed by atoms with Crippen LogP contribution < -0.4 is 5.32 Å². The monoisotopic (exact) mass is 448 g/mol. The van der Waals surface area contributed by atoms with Crippen LogP contribution >= 0.6 is 0 Å². The first-order chi connectivity index (χ1) is 15.9. The lowest BCUT2D eigenvalue weighted by atomic mass is 9.98. The Hall–Kier alpha value is -3.35. The summed E-state index contributed by atoms with van der Waals surface area (Å²) in [6.45, 7) is 2.61. The highest BCUT2D eigenvalue weighted by Gasteiger charge is 2.44. The normalized spacial score (nSPS) is 22.4. The fourth-order valence-corrected chi connectivity index (χ4v) is 5.24. The van der Waals surface area contributed by atoms with Crippen LogP contribution in [0.15, 0.2) is 48.5 Å². The highest BCUT2D eigenvalue weighted by molar-refractivity contribution is 5.87. The highest BCUT2D eigenvalue weighted by Crippen LogP contribution is 2.44. The zero-order valence-electron chi connectivity index (χ0n) is 18.6. The lowest BCUT2D eigenvalue weighted by Crippen LogP contribution is -2.49. The van der Waals surface area contributed by atoms with Gasteiger partial charge in [-0.3, -0.25) is 9.59 Å². The van der Waals surface area contributed by atoms with E-state index in [0.717, 1.165) is 35.1 Å². The minimum atomic E-state index is -0.884. The van der Waals surface area contributed by atoms with E-state index in [-0.39, 0.29) is 36.8 Å². The zero-order valence-corrected chi connectivity index (χ0v) is 18.6. The van der Waals surface area contributed by atoms with Gasteiger partial charge in [-0.1, -0.05) is 55.5 Å². The summed E-state index contributed by atoms with van der Waals surface area (Å²) in [5, 5.41) is 12.2. The summed E-state index contributed by atoms with van der Waals surface area (Å²) in [4.78, 5) is 38.9. The Bertz CT molecular complexity index is 1050. The molecular formula is C26H28N2O5. The third-order valence-corrected chi connectivity index (χ3v) is 7.22. The van der Waals surface area contributed by atoms with Crippen LogP contribution in [0.2, 0.25) is 0 Å². The van der Waals surface area contributed by atoms with Gasteiger partial charge in [0.25, 0.3) is 0 Å². The first-order valence-electron chi connectivity index (χ1n) is 11.6. The molecule has 3 atom stereocenters. The van der Waals surface area contributed by atoms with Crippen LogP contribution in [0, 0.1) is 17.8 Å². The van der Waals surface area contributed by atoms with E-state index in [1.165, 1.54) is 0 Å². The Morgan fingerprint density at radius 2 is 1.64 bits per heavy atom. The number of carbonyl (C=O) groups excluding carboxylic acids is 2. The molecule has 2 amide bonds. The van der Waals surface area contributed by atoms with Gasteiger partial charge in [0.2, 0.25) is 5.91 Å². The summed E-state index contributed by atoms with van der Waals surface area (Å²) in [5.74, 6) is -1.73. The fraction of sp³-hybridized carbons (Fsp3) is 0.423. The lowest BCUT2D eigenvalue weighted by molar-refractivity contribution is -0.142. The maximum absolute atomic E-state index is 13.1. The number of likely N-dealkylation sites (tertiary alicyclic amines) is 1. The van der Waals surface area contributed by atoms with Gasteiger partial charge in [-0.05, 0) is 46.9 Å². The van der Waals surface area contributed by atoms with Crippen molar-refractivity contribution < 1.29 is 24.2 Å². The maximum atomic E-state index is 13.1. The predicted molar refractivity (Wildman–Crippen MR) is 122 cm³/mol. The second-order valence-electron chi connectivity index (χ2n) is 9.45. The number of carbonyl (C=O) groups is 3. The average Bonchev–Trinajstić information content (AvgIpc) is 3.50. The van der Waals surface area contributed by atoms with Crippen LogP contribution in [0.4, 0.5) is 4.79 Å². The molecule has 2 aromatic carbocycles. The molecule has 1 saturated carbocycles. The topological polar surface area (TPSA) is 95.9 Å². The number of nitrogens with zero attached hydrogens (tertiary/aromatic N) is 1. The van der Waals surface area contributed by atoms with E-state index in [0.29, 0.717) is 6.54 Å². The van der Waals surface area contributed by atoms with E-state index in [1.54, 1.807) is 4.90 Å². The molecule has 1 saturated heterocycles. The van der Waals surface area contributed by atoms with E-state index in [9.17, 15) is 19.5 Å². The molecular weight excluding hydrogens is 420 g/mol. The number of hydrogen-bond donors (Lipinski definition) is 2. The van der Waals surface area contributed by atoms with E-state index < -0.39 is 24.0 Å². The molecule has 0 spiro atoms. The van der Waals surface area contributed by atoms with Crippen molar-refractivity contribution in [3.63, 3.8) is 0 Å². The number of hydrogen-bond acceptors (Lipinski definition) is 4. The van der Waals surface area contributed by atoms with Crippen molar-refractivity contribution >= 4 is 18.0 Å². The first-order valence-corrected chi connectivity index (χ1v) is 11.6. The highest BCUT2D eigenvalue weighted by atomic mass is 16.5. The van der Waals surface area contributed by atoms with E-state index >= 15 is 0 Å². The SMILES string of the molecule is C[C@@H]1CN(C(=O)C(NC(=O)OCC2c3ccccc3-c3ccccc32)C2CC2)C[C@H]1C(=O)O. The number of nitrogens with one attached hydrogen (secondary N) is 1. The molecule has 7 heteroatoms. The Morgan fingerprint density at radius 1 is 1.03 bits per heavy atom. The van der Waals surface area contributed by atoms with Crippen LogP contribution in [0.3, 0.4) is 0 Å². The van der Waals surface area contributed by atoms with Gasteiger partial charge in [0.15, 0.2) is 0 Å². The first kappa shape index (κ1) is 21.5. The summed E-state index contributed by atoms with van der Waals surface area (Å²) < 4.78 is 5.63. The molecule has 1 unspecified atom stereocenters. The second kappa shape index (κ2) is 8.54. The molecule has 2 aromatic rings. The third kappa shape index (κ3) is 4.08. The minimum Gasteiger partial charge on any atom is -0.481 e. The Balaban J connectivity index is 1.24. The molecule has 2 N–H and O–H groups in total. The van der Waals surface area contributed by atoms with Gasteiger partial charge in [-0.2, -0.15) is 0 Å². The molecule has 3 aliphatic rings. The van der Waals surface area contributed by atoms with Gasteiger partial charge in [-0.15, -0.1) is 0 Å². The number of amides is 2. The molecule has 2 fully saturated rings. The molecule has 0 bridgehead atoms. The number of alkyl carbamates (subject to hydrolysis) is 1. The Kier molecular flexibility index (Phi) is 5.56. The zero-order chi connectivity index (χ0) is 23.1. The molecule has 2 aliphatic carbocycles. The maximum Gasteiger partial charge on any atom is 0.407 e. The molecule has 0 aromatic heterocycles. The quantitative estimate of drug-likeness (QED) is 0.705. The van der Waals surface area contributed by atoms with Crippen molar-refractivity contribution in [2.45, 2.75) is 31.7 Å². The van der Waals surface area contributed by atoms with Gasteiger partial charge >= 0.3 is 12.1 Å². The van der Waals surface area contributed by atoms with Gasteiger partial charge in [0.1, 0.15) is 12.6 Å². The number of fused-ring (bicyclic) bond motifs is 3. The molecule has 7 nitrogen and oxygen atoms in total. The Morgan fingerprint density at radius 3 is 2.18 bits per heavy atom. The molecule has 5 rings (SSSR count). The number of carboxylic acid groups (broad SMARTS) is 1. The molecule has 1 heterocycles. The lowest BCUT2D eigenvalue weighted by Gasteiger charge is -2.24. The molecule has 0 radical (unpaired) electrons. The van der Waals surface area contributed by atoms with Gasteiger partial charge in [0, 0.05) is 19.0 Å². The van der Waals surface area contributed by atoms with Crippen LogP contribution in [-0.2, 0) is 14.3 Å². The van der Waals surface area contributed by atoms with Crippen LogP contribution in [0.25, 0.3) is 11.1 Å². The average molecular weight is 449 g/mol. The second-order valence-corrected chi connectivity index (χ2v) is 9.45. The Labute approximate surface area is 192 Å². The number of rotatable bonds is 6. The van der Waals surface area contributed by atoms with Crippen molar-refractivity contribution in [1.82, 2.24) is 10.2 Å². The fourth-order valence-electron chi connectivity index (χ4n) is 5.24. The van der Waals surface area contributed by atoms with Gasteiger partial charge in [-0.25, -0.2) is 4.79 Å². The minimum absolute atomic E-state index is 0.0472. The summed E-state index contributed by atoms with van der Waals surface area (Å²) in [6, 6.07) is 15.6. The summed E-state index contributed by atoms with van der Waals surface area (Å²) in [5.41, 5.74) is 4.58. The van der Waals surface area contributed by atoms with Crippen molar-refractivity contribution in [2.75, 3.05) is 19.7 Å². The van der Waals surface area contributed by atoms with Crippen molar-refractivity contribution in [2.24, 2.45) is 17.8 Å². The smallest absolute Gasteiger partial charge is 0.407 e. The van der Waals surface area contributed by atoms with Gasteiger partial charge < -0.3 is 20.1 Å². The summed E-state index contributed by atoms with van der Waals surface area (Å²) >= 11 is 0. The number of aliphatic carboxylic acids is 1. The van der Waals surface area contributed by atoms with Gasteiger partial charge in [0.05, 0.1) is 5.92 Å². The van der Waals surface area contributed by atoms with E-state index in [1.807, 2.05) is 31.2 Å². The largest absolute Gasteiger partial charge is 0.481 e.